The molecule has 8 heteroatoms. The van der Waals surface area contributed by atoms with Crippen molar-refractivity contribution >= 4 is 50.4 Å². The quantitative estimate of drug-likeness (QED) is 0.228. The number of anilines is 2. The Hall–Kier alpha value is -4.07. The zero-order valence-corrected chi connectivity index (χ0v) is 23.0. The first-order valence-corrected chi connectivity index (χ1v) is 13.1. The fourth-order valence-corrected chi connectivity index (χ4v) is 5.70. The van der Waals surface area contributed by atoms with E-state index >= 15 is 0 Å². The molecule has 3 N–H and O–H groups in total. The second-order valence-corrected chi connectivity index (χ2v) is 10.3. The van der Waals surface area contributed by atoms with Crippen LogP contribution in [0.15, 0.2) is 66.7 Å². The monoisotopic (exact) mass is 543 g/mol. The molecule has 0 aliphatic carbocycles. The molecule has 2 aromatic heterocycles. The van der Waals surface area contributed by atoms with Crippen LogP contribution in [0.5, 0.6) is 11.5 Å². The van der Waals surface area contributed by atoms with Crippen molar-refractivity contribution < 1.29 is 14.3 Å². The number of fused-ring (bicyclic) bond motifs is 1. The first kappa shape index (κ1) is 25.6. The summed E-state index contributed by atoms with van der Waals surface area (Å²) in [6.45, 7) is 4.13. The number of halogens is 1. The van der Waals surface area contributed by atoms with E-state index in [2.05, 4.69) is 37.4 Å². The van der Waals surface area contributed by atoms with Crippen molar-refractivity contribution in [3.05, 3.63) is 87.8 Å². The Balaban J connectivity index is 1.72. The molecule has 192 valence electrons. The van der Waals surface area contributed by atoms with E-state index < -0.39 is 0 Å². The first-order valence-electron chi connectivity index (χ1n) is 11.9. The minimum absolute atomic E-state index is 0.343. The summed E-state index contributed by atoms with van der Waals surface area (Å²) in [6.07, 6.45) is 0. The normalized spacial score (nSPS) is 11.0. The molecule has 0 bridgehead atoms. The van der Waals surface area contributed by atoms with Crippen molar-refractivity contribution in [1.82, 2.24) is 4.98 Å². The van der Waals surface area contributed by atoms with Gasteiger partial charge in [0.05, 0.1) is 36.3 Å². The van der Waals surface area contributed by atoms with Gasteiger partial charge in [-0.05, 0) is 60.9 Å². The molecule has 1 amide bonds. The largest absolute Gasteiger partial charge is 0.493 e. The summed E-state index contributed by atoms with van der Waals surface area (Å²) in [5.41, 5.74) is 13.3. The minimum Gasteiger partial charge on any atom is -0.493 e. The summed E-state index contributed by atoms with van der Waals surface area (Å²) in [7, 11) is 3.20. The van der Waals surface area contributed by atoms with Crippen LogP contribution in [0.2, 0.25) is 5.02 Å². The van der Waals surface area contributed by atoms with Gasteiger partial charge in [-0.1, -0.05) is 53.6 Å². The van der Waals surface area contributed by atoms with Crippen molar-refractivity contribution in [3.63, 3.8) is 0 Å². The van der Waals surface area contributed by atoms with Crippen LogP contribution in [0.3, 0.4) is 0 Å². The number of rotatable bonds is 6. The van der Waals surface area contributed by atoms with Gasteiger partial charge in [0.25, 0.3) is 5.91 Å². The molecule has 6 nitrogen and oxygen atoms in total. The number of nitrogens with one attached hydrogen (secondary N) is 1. The molecule has 0 saturated carbocycles. The standard InChI is InChI=1S/C30H26ClN3O3S/c1-16-9-11-19(17(2)13-16)23-15-20(18-10-12-24(36-3)25(14-18)37-4)26-27(32)28(38-30(26)34-23)29(35)33-22-8-6-5-7-21(22)31/h5-15H,32H2,1-4H3,(H,33,35). The van der Waals surface area contributed by atoms with Crippen molar-refractivity contribution in [2.24, 2.45) is 0 Å². The number of carbonyl (C=O) groups excluding carboxylic acids is 1. The average Bonchev–Trinajstić information content (AvgIpc) is 3.25. The van der Waals surface area contributed by atoms with Crippen LogP contribution in [-0.2, 0) is 0 Å². The molecular weight excluding hydrogens is 518 g/mol. The Morgan fingerprint density at radius 2 is 1.71 bits per heavy atom. The molecule has 5 aromatic rings. The molecule has 0 fully saturated rings. The maximum absolute atomic E-state index is 13.3. The number of ether oxygens (including phenoxy) is 2. The third-order valence-electron chi connectivity index (χ3n) is 6.38. The molecule has 0 saturated heterocycles. The van der Waals surface area contributed by atoms with Gasteiger partial charge in [0.1, 0.15) is 9.71 Å². The second kappa shape index (κ2) is 10.4. The van der Waals surface area contributed by atoms with Crippen molar-refractivity contribution in [2.75, 3.05) is 25.3 Å². The van der Waals surface area contributed by atoms with E-state index in [9.17, 15) is 4.79 Å². The lowest BCUT2D eigenvalue weighted by Gasteiger charge is -2.13. The van der Waals surface area contributed by atoms with Gasteiger partial charge in [-0.2, -0.15) is 0 Å². The van der Waals surface area contributed by atoms with E-state index in [0.717, 1.165) is 27.9 Å². The second-order valence-electron chi connectivity index (χ2n) is 8.90. The number of pyridine rings is 1. The Bertz CT molecular complexity index is 1700. The number of benzene rings is 3. The molecular formula is C30H26ClN3O3S. The summed E-state index contributed by atoms with van der Waals surface area (Å²) in [6, 6.07) is 21.1. The number of nitrogens with zero attached hydrogens (tertiary/aromatic N) is 1. The number of methoxy groups -OCH3 is 2. The zero-order valence-electron chi connectivity index (χ0n) is 21.4. The van der Waals surface area contributed by atoms with Crippen molar-refractivity contribution in [3.8, 4) is 33.9 Å². The lowest BCUT2D eigenvalue weighted by atomic mass is 9.97. The summed E-state index contributed by atoms with van der Waals surface area (Å²) < 4.78 is 11.0. The lowest BCUT2D eigenvalue weighted by Crippen LogP contribution is -2.12. The molecule has 0 atom stereocenters. The fourth-order valence-electron chi connectivity index (χ4n) is 4.50. The number of aryl methyl sites for hydroxylation is 2. The fraction of sp³-hybridized carbons (Fsp3) is 0.133. The molecule has 5 rings (SSSR count). The molecule has 0 unspecified atom stereocenters. The third-order valence-corrected chi connectivity index (χ3v) is 7.81. The number of thiophene rings is 1. The van der Waals surface area contributed by atoms with Crippen LogP contribution < -0.4 is 20.5 Å². The molecule has 0 aliphatic heterocycles. The number of nitrogen functional groups attached to an aromatic ring is 1. The summed E-state index contributed by atoms with van der Waals surface area (Å²) in [4.78, 5) is 19.3. The van der Waals surface area contributed by atoms with Crippen LogP contribution in [0.4, 0.5) is 11.4 Å². The number of aromatic nitrogens is 1. The van der Waals surface area contributed by atoms with Crippen molar-refractivity contribution in [2.45, 2.75) is 13.8 Å². The van der Waals surface area contributed by atoms with Crippen LogP contribution in [0.1, 0.15) is 20.8 Å². The highest BCUT2D eigenvalue weighted by Crippen LogP contribution is 2.43. The van der Waals surface area contributed by atoms with Crippen molar-refractivity contribution in [1.29, 1.82) is 0 Å². The highest BCUT2D eigenvalue weighted by Gasteiger charge is 2.23. The first-order chi connectivity index (χ1) is 18.3. The number of hydrogen-bond donors (Lipinski definition) is 2. The molecule has 0 spiro atoms. The Labute approximate surface area is 230 Å². The molecule has 3 aromatic carbocycles. The zero-order chi connectivity index (χ0) is 27.0. The number of para-hydroxylation sites is 1. The minimum atomic E-state index is -0.343. The van der Waals surface area contributed by atoms with Crippen LogP contribution in [-0.4, -0.2) is 25.1 Å². The molecule has 2 heterocycles. The van der Waals surface area contributed by atoms with Gasteiger partial charge in [0.15, 0.2) is 11.5 Å². The summed E-state index contributed by atoms with van der Waals surface area (Å²) in [5, 5.41) is 4.03. The molecule has 0 aliphatic rings. The van der Waals surface area contributed by atoms with Gasteiger partial charge in [-0.25, -0.2) is 4.98 Å². The Morgan fingerprint density at radius 1 is 0.947 bits per heavy atom. The van der Waals surface area contributed by atoms with Gasteiger partial charge >= 0.3 is 0 Å². The van der Waals surface area contributed by atoms with E-state index in [1.54, 1.807) is 32.4 Å². The van der Waals surface area contributed by atoms with Crippen LogP contribution in [0, 0.1) is 13.8 Å². The SMILES string of the molecule is COc1ccc(-c2cc(-c3ccc(C)cc3C)nc3sc(C(=O)Nc4ccccc4Cl)c(N)c23)cc1OC. The average molecular weight is 544 g/mol. The predicted molar refractivity (Wildman–Crippen MR) is 157 cm³/mol. The Morgan fingerprint density at radius 3 is 2.42 bits per heavy atom. The highest BCUT2D eigenvalue weighted by atomic mass is 35.5. The highest BCUT2D eigenvalue weighted by molar-refractivity contribution is 7.21. The number of carbonyl (C=O) groups is 1. The number of nitrogens with two attached hydrogens (primary N) is 1. The van der Waals surface area contributed by atoms with E-state index in [0.29, 0.717) is 43.0 Å². The molecule has 0 radical (unpaired) electrons. The Kier molecular flexibility index (Phi) is 6.97. The van der Waals surface area contributed by atoms with Crippen LogP contribution in [0.25, 0.3) is 32.6 Å². The van der Waals surface area contributed by atoms with E-state index in [4.69, 9.17) is 31.8 Å². The van der Waals surface area contributed by atoms with Gasteiger partial charge in [0, 0.05) is 10.9 Å². The molecule has 38 heavy (non-hydrogen) atoms. The van der Waals surface area contributed by atoms with E-state index in [1.165, 1.54) is 16.9 Å². The topological polar surface area (TPSA) is 86.5 Å². The summed E-state index contributed by atoms with van der Waals surface area (Å²) >= 11 is 7.52. The van der Waals surface area contributed by atoms with Gasteiger partial charge in [-0.15, -0.1) is 11.3 Å². The van der Waals surface area contributed by atoms with Gasteiger partial charge in [0.2, 0.25) is 0 Å². The summed E-state index contributed by atoms with van der Waals surface area (Å²) in [5.74, 6) is 0.868. The predicted octanol–water partition coefficient (Wildman–Crippen LogP) is 7.75. The number of amides is 1. The van der Waals surface area contributed by atoms with Crippen LogP contribution >= 0.6 is 22.9 Å². The van der Waals surface area contributed by atoms with Gasteiger partial charge < -0.3 is 20.5 Å². The third kappa shape index (κ3) is 4.66. The maximum atomic E-state index is 13.3. The van der Waals surface area contributed by atoms with Gasteiger partial charge in [-0.3, -0.25) is 4.79 Å². The van der Waals surface area contributed by atoms with E-state index in [1.807, 2.05) is 30.3 Å². The lowest BCUT2D eigenvalue weighted by molar-refractivity contribution is 0.103. The maximum Gasteiger partial charge on any atom is 0.267 e. The van der Waals surface area contributed by atoms with E-state index in [-0.39, 0.29) is 5.91 Å². The number of hydrogen-bond acceptors (Lipinski definition) is 6. The smallest absolute Gasteiger partial charge is 0.267 e.